The lowest BCUT2D eigenvalue weighted by atomic mass is 10.2. The van der Waals surface area contributed by atoms with E-state index >= 15 is 0 Å². The molecule has 0 fully saturated rings. The van der Waals surface area contributed by atoms with Crippen molar-refractivity contribution in [3.8, 4) is 5.75 Å². The van der Waals surface area contributed by atoms with E-state index in [9.17, 15) is 18.0 Å². The monoisotopic (exact) mass is 420 g/mol. The first-order valence-electron chi connectivity index (χ1n) is 8.94. The molecular weight excluding hydrogens is 396 g/mol. The van der Waals surface area contributed by atoms with Crippen LogP contribution in [0, 0.1) is 5.92 Å². The van der Waals surface area contributed by atoms with Gasteiger partial charge in [-0.15, -0.1) is 0 Å². The van der Waals surface area contributed by atoms with Crippen LogP contribution >= 0.6 is 0 Å². The lowest BCUT2D eigenvalue weighted by molar-refractivity contribution is -0.123. The van der Waals surface area contributed by atoms with Gasteiger partial charge in [0.05, 0.1) is 17.1 Å². The average Bonchev–Trinajstić information content (AvgIpc) is 2.66. The Bertz CT molecular complexity index is 971. The first-order valence-corrected chi connectivity index (χ1v) is 10.5. The Labute approximate surface area is 170 Å². The summed E-state index contributed by atoms with van der Waals surface area (Å²) in [5.74, 6) is -0.338. The van der Waals surface area contributed by atoms with Gasteiger partial charge in [0.1, 0.15) is 5.75 Å². The van der Waals surface area contributed by atoms with Crippen LogP contribution in [0.4, 0.5) is 5.69 Å². The third kappa shape index (κ3) is 6.88. The van der Waals surface area contributed by atoms with E-state index in [1.165, 1.54) is 31.2 Å². The first kappa shape index (κ1) is 22.4. The van der Waals surface area contributed by atoms with Crippen molar-refractivity contribution in [1.29, 1.82) is 0 Å². The number of benzene rings is 2. The van der Waals surface area contributed by atoms with Crippen molar-refractivity contribution in [2.75, 3.05) is 11.9 Å². The van der Waals surface area contributed by atoms with E-state index in [1.54, 1.807) is 24.3 Å². The van der Waals surface area contributed by atoms with Crippen molar-refractivity contribution in [2.24, 2.45) is 11.1 Å². The first-order chi connectivity index (χ1) is 13.6. The summed E-state index contributed by atoms with van der Waals surface area (Å²) in [5.41, 5.74) is 0.609. The van der Waals surface area contributed by atoms with Crippen molar-refractivity contribution in [3.63, 3.8) is 0 Å². The maximum absolute atomic E-state index is 12.3. The van der Waals surface area contributed by atoms with Crippen molar-refractivity contribution < 1.29 is 27.5 Å². The van der Waals surface area contributed by atoms with Gasteiger partial charge in [0.15, 0.2) is 6.10 Å². The number of nitrogens with one attached hydrogen (secondary N) is 1. The Morgan fingerprint density at radius 2 is 1.72 bits per heavy atom. The predicted molar refractivity (Wildman–Crippen MR) is 108 cm³/mol. The second kappa shape index (κ2) is 9.53. The van der Waals surface area contributed by atoms with Crippen LogP contribution in [-0.2, 0) is 19.6 Å². The quantitative estimate of drug-likeness (QED) is 0.632. The highest BCUT2D eigenvalue weighted by Crippen LogP contribution is 2.17. The number of hydrogen-bond donors (Lipinski definition) is 2. The number of esters is 1. The molecule has 156 valence electrons. The number of amides is 1. The van der Waals surface area contributed by atoms with E-state index in [4.69, 9.17) is 14.6 Å². The van der Waals surface area contributed by atoms with E-state index in [-0.39, 0.29) is 10.5 Å². The summed E-state index contributed by atoms with van der Waals surface area (Å²) in [6.45, 7) is 5.98. The number of carbonyl (C=O) groups excluding carboxylic acids is 2. The van der Waals surface area contributed by atoms with Crippen LogP contribution in [0.2, 0.25) is 0 Å². The van der Waals surface area contributed by atoms with Crippen LogP contribution in [0.25, 0.3) is 0 Å². The molecule has 1 amide bonds. The van der Waals surface area contributed by atoms with Gasteiger partial charge in [-0.1, -0.05) is 19.9 Å². The van der Waals surface area contributed by atoms with Gasteiger partial charge >= 0.3 is 5.97 Å². The molecule has 0 saturated heterocycles. The van der Waals surface area contributed by atoms with E-state index in [1.807, 2.05) is 13.8 Å². The van der Waals surface area contributed by atoms with Crippen molar-refractivity contribution in [3.05, 3.63) is 54.1 Å². The molecule has 1 atom stereocenters. The Balaban J connectivity index is 1.96. The Hall–Kier alpha value is -2.91. The molecule has 2 aromatic carbocycles. The minimum atomic E-state index is -3.82. The number of ether oxygens (including phenoxy) is 2. The third-order valence-electron chi connectivity index (χ3n) is 3.76. The van der Waals surface area contributed by atoms with Gasteiger partial charge in [-0.3, -0.25) is 4.79 Å². The molecule has 2 rings (SSSR count). The van der Waals surface area contributed by atoms with Gasteiger partial charge in [0, 0.05) is 5.69 Å². The van der Waals surface area contributed by atoms with Crippen LogP contribution in [0.1, 0.15) is 31.1 Å². The highest BCUT2D eigenvalue weighted by atomic mass is 32.2. The number of hydrogen-bond acceptors (Lipinski definition) is 6. The SMILES string of the molecule is CC(C)COc1cccc(C(=O)O[C@H](C)C(=O)Nc2ccc(S(N)(=O)=O)cc2)c1. The largest absolute Gasteiger partial charge is 0.493 e. The molecule has 0 spiro atoms. The summed E-state index contributed by atoms with van der Waals surface area (Å²) < 4.78 is 33.3. The topological polar surface area (TPSA) is 125 Å². The van der Waals surface area contributed by atoms with E-state index < -0.39 is 28.0 Å². The van der Waals surface area contributed by atoms with Crippen LogP contribution in [0.15, 0.2) is 53.4 Å². The molecule has 0 aliphatic rings. The zero-order chi connectivity index (χ0) is 21.6. The standard InChI is InChI=1S/C20H24N2O6S/c1-13(2)12-27-17-6-4-5-15(11-17)20(24)28-14(3)19(23)22-16-7-9-18(10-8-16)29(21,25)26/h4-11,13-14H,12H2,1-3H3,(H,22,23)(H2,21,25,26)/t14-/m1/s1. The second-order valence-electron chi connectivity index (χ2n) is 6.84. The van der Waals surface area contributed by atoms with Gasteiger partial charge in [0.25, 0.3) is 5.91 Å². The fourth-order valence-electron chi connectivity index (χ4n) is 2.23. The normalized spacial score (nSPS) is 12.3. The third-order valence-corrected chi connectivity index (χ3v) is 4.69. The summed E-state index contributed by atoms with van der Waals surface area (Å²) in [4.78, 5) is 24.5. The zero-order valence-electron chi connectivity index (χ0n) is 16.4. The van der Waals surface area contributed by atoms with Crippen molar-refractivity contribution in [2.45, 2.75) is 31.8 Å². The molecule has 0 unspecified atom stereocenters. The van der Waals surface area contributed by atoms with Crippen LogP contribution in [0.5, 0.6) is 5.75 Å². The van der Waals surface area contributed by atoms with Crippen LogP contribution in [0.3, 0.4) is 0 Å². The predicted octanol–water partition coefficient (Wildman–Crippen LogP) is 2.55. The van der Waals surface area contributed by atoms with E-state index in [0.29, 0.717) is 24.0 Å². The number of sulfonamides is 1. The average molecular weight is 420 g/mol. The molecule has 0 aliphatic carbocycles. The van der Waals surface area contributed by atoms with Gasteiger partial charge in [-0.2, -0.15) is 0 Å². The van der Waals surface area contributed by atoms with Crippen LogP contribution in [-0.4, -0.2) is 33.0 Å². The minimum absolute atomic E-state index is 0.0745. The van der Waals surface area contributed by atoms with Gasteiger partial charge in [-0.05, 0) is 55.3 Å². The maximum Gasteiger partial charge on any atom is 0.339 e. The fraction of sp³-hybridized carbons (Fsp3) is 0.300. The second-order valence-corrected chi connectivity index (χ2v) is 8.40. The Morgan fingerprint density at radius 1 is 1.07 bits per heavy atom. The molecule has 0 aromatic heterocycles. The number of rotatable bonds is 8. The fourth-order valence-corrected chi connectivity index (χ4v) is 2.75. The Morgan fingerprint density at radius 3 is 2.31 bits per heavy atom. The van der Waals surface area contributed by atoms with Gasteiger partial charge < -0.3 is 14.8 Å². The highest BCUT2D eigenvalue weighted by Gasteiger charge is 2.20. The molecule has 0 radical (unpaired) electrons. The molecule has 0 saturated carbocycles. The number of primary sulfonamides is 1. The molecular formula is C20H24N2O6S. The highest BCUT2D eigenvalue weighted by molar-refractivity contribution is 7.89. The molecule has 29 heavy (non-hydrogen) atoms. The van der Waals surface area contributed by atoms with Crippen LogP contribution < -0.4 is 15.2 Å². The molecule has 0 aliphatic heterocycles. The molecule has 8 nitrogen and oxygen atoms in total. The van der Waals surface area contributed by atoms with E-state index in [0.717, 1.165) is 0 Å². The van der Waals surface area contributed by atoms with Gasteiger partial charge in [-0.25, -0.2) is 18.4 Å². The summed E-state index contributed by atoms with van der Waals surface area (Å²) in [6.07, 6.45) is -1.07. The van der Waals surface area contributed by atoms with Crippen molar-refractivity contribution >= 4 is 27.6 Å². The van der Waals surface area contributed by atoms with E-state index in [2.05, 4.69) is 5.32 Å². The summed E-state index contributed by atoms with van der Waals surface area (Å²) >= 11 is 0. The lowest BCUT2D eigenvalue weighted by Crippen LogP contribution is -2.30. The smallest absolute Gasteiger partial charge is 0.339 e. The molecule has 3 N–H and O–H groups in total. The Kier molecular flexibility index (Phi) is 7.35. The molecule has 0 bridgehead atoms. The number of nitrogens with two attached hydrogens (primary N) is 1. The molecule has 0 heterocycles. The number of carbonyl (C=O) groups is 2. The summed E-state index contributed by atoms with van der Waals surface area (Å²) in [6, 6.07) is 11.9. The van der Waals surface area contributed by atoms with Crippen molar-refractivity contribution in [1.82, 2.24) is 0 Å². The maximum atomic E-state index is 12.3. The zero-order valence-corrected chi connectivity index (χ0v) is 17.2. The number of anilines is 1. The summed E-state index contributed by atoms with van der Waals surface area (Å²) in [5, 5.41) is 7.57. The lowest BCUT2D eigenvalue weighted by Gasteiger charge is -2.14. The molecule has 2 aromatic rings. The minimum Gasteiger partial charge on any atom is -0.493 e. The summed E-state index contributed by atoms with van der Waals surface area (Å²) in [7, 11) is -3.82. The van der Waals surface area contributed by atoms with Gasteiger partial charge in [0.2, 0.25) is 10.0 Å². The molecule has 9 heteroatoms.